The molecule has 4 rings (SSSR count). The van der Waals surface area contributed by atoms with Crippen LogP contribution in [0.3, 0.4) is 0 Å². The lowest BCUT2D eigenvalue weighted by atomic mass is 9.91. The van der Waals surface area contributed by atoms with Crippen molar-refractivity contribution in [3.8, 4) is 45.6 Å². The summed E-state index contributed by atoms with van der Waals surface area (Å²) < 4.78 is 15.9. The molecule has 8 N–H and O–H groups in total. The van der Waals surface area contributed by atoms with Gasteiger partial charge in [0, 0.05) is 11.1 Å². The number of phenols is 6. The van der Waals surface area contributed by atoms with Crippen LogP contribution in [0.2, 0.25) is 0 Å². The fourth-order valence-corrected chi connectivity index (χ4v) is 3.95. The number of esters is 2. The summed E-state index contributed by atoms with van der Waals surface area (Å²) in [5, 5.41) is 81.6. The predicted octanol–water partition coefficient (Wildman–Crippen LogP) is -0.208. The van der Waals surface area contributed by atoms with Gasteiger partial charge >= 0.3 is 11.9 Å². The standard InChI is InChI=1S/C21H20O13/c1-5-13(24)18(29)19-10(33-5)4-32-20(30)6-2-8(22)14(25)16(27)11(6)12-7(21(31)34-19)3-9(23)15(26)17(12)28/h2-3,5,10,13,18-19,22-29H,4H2,1H3/t5-,10?,13?,18-,19-/m1/s1. The minimum Gasteiger partial charge on any atom is -0.504 e. The van der Waals surface area contributed by atoms with E-state index >= 15 is 0 Å². The van der Waals surface area contributed by atoms with Gasteiger partial charge in [0.1, 0.15) is 24.9 Å². The number of benzene rings is 2. The zero-order valence-electron chi connectivity index (χ0n) is 17.4. The molecule has 13 heteroatoms. The Morgan fingerprint density at radius 2 is 1.26 bits per heavy atom. The van der Waals surface area contributed by atoms with Gasteiger partial charge < -0.3 is 55.1 Å². The molecule has 0 amide bonds. The highest BCUT2D eigenvalue weighted by atomic mass is 16.6. The fourth-order valence-electron chi connectivity index (χ4n) is 3.95. The normalized spacial score (nSPS) is 26.9. The lowest BCUT2D eigenvalue weighted by Crippen LogP contribution is -2.59. The second-order valence-electron chi connectivity index (χ2n) is 7.86. The molecule has 34 heavy (non-hydrogen) atoms. The van der Waals surface area contributed by atoms with E-state index in [1.807, 2.05) is 0 Å². The van der Waals surface area contributed by atoms with E-state index in [1.165, 1.54) is 6.92 Å². The highest BCUT2D eigenvalue weighted by Crippen LogP contribution is 2.52. The van der Waals surface area contributed by atoms with Crippen molar-refractivity contribution in [2.24, 2.45) is 0 Å². The van der Waals surface area contributed by atoms with Crippen molar-refractivity contribution in [2.75, 3.05) is 6.61 Å². The van der Waals surface area contributed by atoms with Crippen LogP contribution in [0.4, 0.5) is 0 Å². The molecule has 2 heterocycles. The van der Waals surface area contributed by atoms with Crippen LogP contribution < -0.4 is 0 Å². The molecule has 0 spiro atoms. The maximum atomic E-state index is 13.1. The zero-order chi connectivity index (χ0) is 25.1. The van der Waals surface area contributed by atoms with Crippen molar-refractivity contribution in [1.29, 1.82) is 0 Å². The highest BCUT2D eigenvalue weighted by molar-refractivity contribution is 6.08. The number of ether oxygens (including phenoxy) is 3. The molecule has 182 valence electrons. The van der Waals surface area contributed by atoms with Crippen LogP contribution in [-0.2, 0) is 14.2 Å². The molecule has 0 bridgehead atoms. The Labute approximate surface area is 190 Å². The summed E-state index contributed by atoms with van der Waals surface area (Å²) in [6.07, 6.45) is -7.00. The Morgan fingerprint density at radius 3 is 1.79 bits per heavy atom. The maximum absolute atomic E-state index is 13.1. The van der Waals surface area contributed by atoms with Crippen molar-refractivity contribution in [1.82, 2.24) is 0 Å². The molecule has 5 atom stereocenters. The van der Waals surface area contributed by atoms with Gasteiger partial charge in [-0.05, 0) is 19.1 Å². The first kappa shape index (κ1) is 23.2. The molecule has 1 saturated heterocycles. The van der Waals surface area contributed by atoms with Gasteiger partial charge in [-0.1, -0.05) is 0 Å². The molecular weight excluding hydrogens is 460 g/mol. The Bertz CT molecular complexity index is 1190. The van der Waals surface area contributed by atoms with Crippen LogP contribution >= 0.6 is 0 Å². The van der Waals surface area contributed by atoms with E-state index in [9.17, 15) is 50.4 Å². The number of aromatic hydroxyl groups is 6. The summed E-state index contributed by atoms with van der Waals surface area (Å²) in [5.74, 6) is -9.14. The summed E-state index contributed by atoms with van der Waals surface area (Å²) >= 11 is 0. The van der Waals surface area contributed by atoms with Gasteiger partial charge in [-0.15, -0.1) is 0 Å². The number of cyclic esters (lactones) is 1. The Kier molecular flexibility index (Phi) is 5.55. The Hall–Kier alpha value is -3.94. The second kappa shape index (κ2) is 8.13. The van der Waals surface area contributed by atoms with E-state index in [2.05, 4.69) is 0 Å². The van der Waals surface area contributed by atoms with Gasteiger partial charge in [-0.3, -0.25) is 0 Å². The minimum atomic E-state index is -1.69. The van der Waals surface area contributed by atoms with E-state index in [0.29, 0.717) is 12.1 Å². The number of aliphatic hydroxyl groups is 2. The predicted molar refractivity (Wildman–Crippen MR) is 108 cm³/mol. The lowest BCUT2D eigenvalue weighted by Gasteiger charge is -2.40. The molecule has 0 saturated carbocycles. The van der Waals surface area contributed by atoms with E-state index in [-0.39, 0.29) is 0 Å². The van der Waals surface area contributed by atoms with E-state index in [4.69, 9.17) is 14.2 Å². The number of hydrogen-bond acceptors (Lipinski definition) is 13. The molecule has 0 aromatic heterocycles. The molecule has 2 aliphatic rings. The smallest absolute Gasteiger partial charge is 0.339 e. The number of hydrogen-bond donors (Lipinski definition) is 8. The third-order valence-electron chi connectivity index (χ3n) is 5.74. The number of rotatable bonds is 0. The number of fused-ring (bicyclic) bond motifs is 4. The minimum absolute atomic E-state index is 0.619. The Morgan fingerprint density at radius 1 is 0.765 bits per heavy atom. The van der Waals surface area contributed by atoms with Crippen molar-refractivity contribution >= 4 is 11.9 Å². The van der Waals surface area contributed by atoms with Crippen LogP contribution in [0.1, 0.15) is 27.6 Å². The van der Waals surface area contributed by atoms with E-state index in [0.717, 1.165) is 0 Å². The zero-order valence-corrected chi connectivity index (χ0v) is 17.4. The largest absolute Gasteiger partial charge is 0.504 e. The summed E-state index contributed by atoms with van der Waals surface area (Å²) in [6, 6.07) is 1.33. The van der Waals surface area contributed by atoms with Gasteiger partial charge in [-0.2, -0.15) is 0 Å². The van der Waals surface area contributed by atoms with Crippen molar-refractivity contribution < 1.29 is 64.7 Å². The summed E-state index contributed by atoms with van der Waals surface area (Å²) in [4.78, 5) is 26.0. The van der Waals surface area contributed by atoms with Gasteiger partial charge in [0.15, 0.2) is 29.1 Å². The van der Waals surface area contributed by atoms with Crippen LogP contribution in [0.5, 0.6) is 34.5 Å². The van der Waals surface area contributed by atoms with Crippen LogP contribution in [0.25, 0.3) is 11.1 Å². The van der Waals surface area contributed by atoms with Gasteiger partial charge in [0.25, 0.3) is 0 Å². The Balaban J connectivity index is 2.02. The van der Waals surface area contributed by atoms with Crippen LogP contribution in [0, 0.1) is 0 Å². The molecule has 2 aromatic carbocycles. The second-order valence-corrected chi connectivity index (χ2v) is 7.86. The van der Waals surface area contributed by atoms with Crippen LogP contribution in [-0.4, -0.2) is 89.9 Å². The molecule has 0 radical (unpaired) electrons. The molecular formula is C21H20O13. The number of phenolic OH excluding ortho intramolecular Hbond substituents is 6. The third kappa shape index (κ3) is 3.46. The van der Waals surface area contributed by atoms with Gasteiger partial charge in [0.2, 0.25) is 11.5 Å². The van der Waals surface area contributed by atoms with Crippen molar-refractivity contribution in [3.63, 3.8) is 0 Å². The first-order valence-corrected chi connectivity index (χ1v) is 9.89. The first-order valence-electron chi connectivity index (χ1n) is 9.89. The van der Waals surface area contributed by atoms with E-state index < -0.39 is 106 Å². The third-order valence-corrected chi connectivity index (χ3v) is 5.74. The topological polar surface area (TPSA) is 224 Å². The number of carbonyl (C=O) groups excluding carboxylic acids is 2. The first-order chi connectivity index (χ1) is 15.9. The van der Waals surface area contributed by atoms with E-state index in [1.54, 1.807) is 0 Å². The monoisotopic (exact) mass is 480 g/mol. The molecule has 13 nitrogen and oxygen atoms in total. The number of aliphatic hydroxyl groups excluding tert-OH is 2. The number of carbonyl (C=O) groups is 2. The quantitative estimate of drug-likeness (QED) is 0.181. The van der Waals surface area contributed by atoms with Crippen molar-refractivity contribution in [3.05, 3.63) is 23.3 Å². The highest BCUT2D eigenvalue weighted by Gasteiger charge is 2.46. The summed E-state index contributed by atoms with van der Waals surface area (Å²) in [6.45, 7) is 0.798. The van der Waals surface area contributed by atoms with Gasteiger partial charge in [-0.25, -0.2) is 9.59 Å². The average Bonchev–Trinajstić information content (AvgIpc) is 2.81. The molecule has 1 fully saturated rings. The van der Waals surface area contributed by atoms with Crippen molar-refractivity contribution in [2.45, 2.75) is 37.4 Å². The molecule has 2 unspecified atom stereocenters. The lowest BCUT2D eigenvalue weighted by molar-refractivity contribution is -0.224. The molecule has 2 aromatic rings. The SMILES string of the molecule is C[C@H]1OC2COC(=O)c3cc(O)c(O)c(O)c3-c3c(cc(O)c(O)c3O)C(=O)O[C@H]2[C@H](O)C1O. The van der Waals surface area contributed by atoms with Crippen LogP contribution in [0.15, 0.2) is 12.1 Å². The molecule has 0 aliphatic carbocycles. The van der Waals surface area contributed by atoms with Gasteiger partial charge in [0.05, 0.1) is 17.2 Å². The fraction of sp³-hybridized carbons (Fsp3) is 0.333. The summed E-state index contributed by atoms with van der Waals surface area (Å²) in [5.41, 5.74) is -2.87. The molecule has 2 aliphatic heterocycles. The summed E-state index contributed by atoms with van der Waals surface area (Å²) in [7, 11) is 0. The average molecular weight is 480 g/mol. The maximum Gasteiger partial charge on any atom is 0.339 e.